The van der Waals surface area contributed by atoms with E-state index in [1.165, 1.54) is 38.5 Å². The Morgan fingerprint density at radius 2 is 1.86 bits per heavy atom. The van der Waals surface area contributed by atoms with Crippen LogP contribution in [-0.4, -0.2) is 82.0 Å². The summed E-state index contributed by atoms with van der Waals surface area (Å²) in [7, 11) is 0. The monoisotopic (exact) mass is 716 g/mol. The van der Waals surface area contributed by atoms with Crippen LogP contribution in [0.3, 0.4) is 0 Å². The molecule has 2 saturated heterocycles. The molecule has 8 nitrogen and oxygen atoms in total. The number of fused-ring (bicyclic) bond motifs is 4. The van der Waals surface area contributed by atoms with Gasteiger partial charge in [-0.1, -0.05) is 26.8 Å². The van der Waals surface area contributed by atoms with E-state index in [1.54, 1.807) is 26.2 Å². The van der Waals surface area contributed by atoms with Gasteiger partial charge in [0, 0.05) is 18.9 Å². The molecule has 274 valence electrons. The molecule has 12 atom stereocenters. The van der Waals surface area contributed by atoms with Crippen LogP contribution in [0.25, 0.3) is 0 Å². The summed E-state index contributed by atoms with van der Waals surface area (Å²) >= 11 is 6.44. The third-order valence-corrected chi connectivity index (χ3v) is 15.4. The number of rotatable bonds is 6. The van der Waals surface area contributed by atoms with Crippen molar-refractivity contribution in [2.24, 2.45) is 45.3 Å². The number of hydrogen-bond donors (Lipinski definition) is 4. The first kappa shape index (κ1) is 36.5. The number of pyridine rings is 1. The van der Waals surface area contributed by atoms with E-state index in [0.717, 1.165) is 37.2 Å². The van der Waals surface area contributed by atoms with E-state index in [9.17, 15) is 15.0 Å². The molecule has 9 unspecified atom stereocenters. The van der Waals surface area contributed by atoms with Gasteiger partial charge in [0.2, 0.25) is 5.91 Å². The van der Waals surface area contributed by atoms with Crippen LogP contribution in [0, 0.1) is 45.3 Å². The number of carbonyl (C=O) groups is 1. The number of hydrogen-bond acceptors (Lipinski definition) is 9. The number of aliphatic hydroxyl groups is 2. The lowest BCUT2D eigenvalue weighted by molar-refractivity contribution is -0.244. The van der Waals surface area contributed by atoms with Gasteiger partial charge in [-0.05, 0) is 135 Å². The second-order valence-electron chi connectivity index (χ2n) is 18.2. The predicted molar refractivity (Wildman–Crippen MR) is 195 cm³/mol. The van der Waals surface area contributed by atoms with Crippen molar-refractivity contribution in [3.05, 3.63) is 30.1 Å². The lowest BCUT2D eigenvalue weighted by atomic mass is 9.46. The molecule has 1 aromatic heterocycles. The Morgan fingerprint density at radius 3 is 2.59 bits per heavy atom. The average molecular weight is 717 g/mol. The SMILES string of the molecule is CC12CC[C@@]34CC35CC[C@H](OC3CN(C(=O)Cc6cccnc6)CCO3)C(C)(C)C5CCC4C1CC1OC([C@H](O)C(C)(C)O)CCC12.SS. The number of morpholine rings is 1. The van der Waals surface area contributed by atoms with Gasteiger partial charge in [-0.15, -0.1) is 23.3 Å². The summed E-state index contributed by atoms with van der Waals surface area (Å²) in [5.74, 6) is 2.77. The molecule has 1 amide bonds. The predicted octanol–water partition coefficient (Wildman–Crippen LogP) is 6.29. The van der Waals surface area contributed by atoms with Gasteiger partial charge in [0.05, 0.1) is 43.5 Å². The minimum absolute atomic E-state index is 0.0477. The van der Waals surface area contributed by atoms with Crippen LogP contribution in [0.2, 0.25) is 0 Å². The molecule has 2 spiro atoms. The van der Waals surface area contributed by atoms with Crippen LogP contribution in [0.5, 0.6) is 0 Å². The van der Waals surface area contributed by atoms with Gasteiger partial charge in [0.15, 0.2) is 6.29 Å². The van der Waals surface area contributed by atoms with E-state index >= 15 is 0 Å². The third-order valence-electron chi connectivity index (χ3n) is 15.4. The molecular formula is C39H60N2O6S2. The smallest absolute Gasteiger partial charge is 0.227 e. The Kier molecular flexibility index (Phi) is 9.83. The van der Waals surface area contributed by atoms with Crippen LogP contribution in [0.15, 0.2) is 24.5 Å². The molecular weight excluding hydrogens is 657 g/mol. The molecule has 2 N–H and O–H groups in total. The number of ether oxygens (including phenoxy) is 3. The summed E-state index contributed by atoms with van der Waals surface area (Å²) < 4.78 is 19.7. The maximum absolute atomic E-state index is 13.1. The highest BCUT2D eigenvalue weighted by Gasteiger charge is 2.80. The molecule has 0 radical (unpaired) electrons. The maximum atomic E-state index is 13.1. The first-order valence-corrected chi connectivity index (χ1v) is 20.6. The van der Waals surface area contributed by atoms with Crippen LogP contribution in [0.1, 0.15) is 104 Å². The number of thiol groups is 2. The first-order valence-electron chi connectivity index (χ1n) is 19.0. The molecule has 0 aromatic carbocycles. The summed E-state index contributed by atoms with van der Waals surface area (Å²) in [5.41, 5.74) is 1.04. The highest BCUT2D eigenvalue weighted by molar-refractivity contribution is 8.59. The van der Waals surface area contributed by atoms with Crippen molar-refractivity contribution in [1.29, 1.82) is 0 Å². The number of carbonyl (C=O) groups excluding carboxylic acids is 1. The van der Waals surface area contributed by atoms with Crippen LogP contribution in [-0.2, 0) is 25.4 Å². The van der Waals surface area contributed by atoms with Gasteiger partial charge >= 0.3 is 0 Å². The number of aromatic nitrogens is 1. The Morgan fingerprint density at radius 1 is 1.08 bits per heavy atom. The van der Waals surface area contributed by atoms with Crippen molar-refractivity contribution < 1.29 is 29.2 Å². The minimum Gasteiger partial charge on any atom is -0.388 e. The Balaban J connectivity index is 0.00000186. The number of amides is 1. The molecule has 3 heterocycles. The summed E-state index contributed by atoms with van der Waals surface area (Å²) in [6, 6.07) is 3.84. The van der Waals surface area contributed by atoms with Gasteiger partial charge in [-0.25, -0.2) is 0 Å². The van der Waals surface area contributed by atoms with Gasteiger partial charge in [-0.3, -0.25) is 9.78 Å². The normalized spacial score (nSPS) is 44.1. The Bertz CT molecular complexity index is 1360. The minimum atomic E-state index is -1.15. The zero-order valence-corrected chi connectivity index (χ0v) is 32.0. The van der Waals surface area contributed by atoms with Crippen molar-refractivity contribution in [2.45, 2.75) is 142 Å². The van der Waals surface area contributed by atoms with Crippen molar-refractivity contribution in [3.63, 3.8) is 0 Å². The molecule has 49 heavy (non-hydrogen) atoms. The van der Waals surface area contributed by atoms with Gasteiger partial charge in [0.25, 0.3) is 0 Å². The summed E-state index contributed by atoms with van der Waals surface area (Å²) in [6.07, 6.45) is 14.7. The van der Waals surface area contributed by atoms with Crippen molar-refractivity contribution in [1.82, 2.24) is 9.88 Å². The molecule has 7 fully saturated rings. The van der Waals surface area contributed by atoms with Crippen molar-refractivity contribution >= 4 is 29.2 Å². The Labute approximate surface area is 304 Å². The zero-order chi connectivity index (χ0) is 35.0. The van der Waals surface area contributed by atoms with Crippen molar-refractivity contribution in [2.75, 3.05) is 19.7 Å². The lowest BCUT2D eigenvalue weighted by Gasteiger charge is -2.60. The molecule has 1 aromatic rings. The molecule has 0 bridgehead atoms. The summed E-state index contributed by atoms with van der Waals surface area (Å²) in [6.45, 7) is 12.5. The van der Waals surface area contributed by atoms with Crippen LogP contribution >= 0.6 is 23.3 Å². The largest absolute Gasteiger partial charge is 0.388 e. The second kappa shape index (κ2) is 13.2. The summed E-state index contributed by atoms with van der Waals surface area (Å²) in [4.78, 5) is 19.2. The first-order chi connectivity index (χ1) is 23.3. The number of aliphatic hydroxyl groups excluding tert-OH is 1. The van der Waals surface area contributed by atoms with Gasteiger partial charge in [-0.2, -0.15) is 0 Å². The van der Waals surface area contributed by atoms with E-state index in [-0.39, 0.29) is 35.9 Å². The van der Waals surface area contributed by atoms with Gasteiger partial charge in [0.1, 0.15) is 6.10 Å². The quantitative estimate of drug-likeness (QED) is 0.203. The topological polar surface area (TPSA) is 101 Å². The van der Waals surface area contributed by atoms with E-state index in [4.69, 9.17) is 14.2 Å². The fraction of sp³-hybridized carbons (Fsp3) is 0.846. The summed E-state index contributed by atoms with van der Waals surface area (Å²) in [5, 5.41) is 21.4. The molecule has 2 aliphatic heterocycles. The molecule has 5 saturated carbocycles. The third kappa shape index (κ3) is 5.94. The van der Waals surface area contributed by atoms with E-state index in [1.807, 2.05) is 17.0 Å². The standard InChI is InChI=1S/C39H58N2O6.H2S2/c1-35(2)30-11-9-25-27-20-29-26(8-10-28(46-29)34(43)36(3,4)44)37(27,5)14-15-38(25)23-39(30,38)13-12-31(35)47-33-22-41(17-18-45-33)32(42)19-24-7-6-16-40-21-24;1-2/h6-7,16,21,25-31,33-34,43-44H,8-15,17-20,22-23H2,1-5H3;1-2H/t25?,26?,27?,28?,29?,30?,31-,33?,34-,37?,38-,39?;/m0./s1. The van der Waals surface area contributed by atoms with Crippen LogP contribution < -0.4 is 0 Å². The zero-order valence-electron chi connectivity index (χ0n) is 30.2. The fourth-order valence-corrected chi connectivity index (χ4v) is 13.1. The van der Waals surface area contributed by atoms with Crippen molar-refractivity contribution in [3.8, 4) is 0 Å². The molecule has 5 aliphatic carbocycles. The van der Waals surface area contributed by atoms with Gasteiger partial charge < -0.3 is 29.3 Å². The molecule has 7 aliphatic rings. The maximum Gasteiger partial charge on any atom is 0.227 e. The highest BCUT2D eigenvalue weighted by Crippen LogP contribution is 2.87. The van der Waals surface area contributed by atoms with E-state index in [0.29, 0.717) is 60.1 Å². The molecule has 10 heteroatoms. The highest BCUT2D eigenvalue weighted by atomic mass is 33.1. The second-order valence-corrected chi connectivity index (χ2v) is 18.2. The Hall–Kier alpha value is -0.880. The molecule has 8 rings (SSSR count). The van der Waals surface area contributed by atoms with Crippen LogP contribution in [0.4, 0.5) is 0 Å². The fourth-order valence-electron chi connectivity index (χ4n) is 13.1. The lowest BCUT2D eigenvalue weighted by Crippen LogP contribution is -2.56. The number of nitrogens with zero attached hydrogens (tertiary/aromatic N) is 2. The average Bonchev–Trinajstić information content (AvgIpc) is 3.66. The van der Waals surface area contributed by atoms with E-state index < -0.39 is 11.7 Å². The van der Waals surface area contributed by atoms with E-state index in [2.05, 4.69) is 49.1 Å².